The Bertz CT molecular complexity index is 384. The lowest BCUT2D eigenvalue weighted by Gasteiger charge is -2.14. The summed E-state index contributed by atoms with van der Waals surface area (Å²) >= 11 is 0. The van der Waals surface area contributed by atoms with Crippen LogP contribution in [0.3, 0.4) is 0 Å². The van der Waals surface area contributed by atoms with E-state index in [4.69, 9.17) is 15.7 Å². The van der Waals surface area contributed by atoms with Crippen LogP contribution in [0, 0.1) is 11.3 Å². The number of hydrogen-bond donors (Lipinski definition) is 2. The van der Waals surface area contributed by atoms with Crippen molar-refractivity contribution in [3.05, 3.63) is 23.8 Å². The molecule has 0 radical (unpaired) electrons. The molecule has 0 saturated heterocycles. The van der Waals surface area contributed by atoms with Gasteiger partial charge in [-0.25, -0.2) is 0 Å². The van der Waals surface area contributed by atoms with Crippen LogP contribution in [0.4, 0.5) is 11.4 Å². The van der Waals surface area contributed by atoms with Gasteiger partial charge in [0.15, 0.2) is 0 Å². The summed E-state index contributed by atoms with van der Waals surface area (Å²) in [6.07, 6.45) is 0.120. The van der Waals surface area contributed by atoms with Gasteiger partial charge in [0, 0.05) is 18.8 Å². The van der Waals surface area contributed by atoms with Gasteiger partial charge in [0.1, 0.15) is 6.07 Å². The van der Waals surface area contributed by atoms with Crippen molar-refractivity contribution < 1.29 is 4.74 Å². The van der Waals surface area contributed by atoms with Gasteiger partial charge in [-0.3, -0.25) is 0 Å². The molecule has 0 saturated carbocycles. The topological polar surface area (TPSA) is 71.1 Å². The molecule has 0 spiro atoms. The molecule has 1 aromatic rings. The predicted molar refractivity (Wildman–Crippen MR) is 65.1 cm³/mol. The highest BCUT2D eigenvalue weighted by atomic mass is 16.5. The molecule has 1 atom stereocenters. The Morgan fingerprint density at radius 1 is 1.56 bits per heavy atom. The molecule has 4 nitrogen and oxygen atoms in total. The minimum absolute atomic E-state index is 0.120. The van der Waals surface area contributed by atoms with Gasteiger partial charge in [0.05, 0.1) is 17.4 Å². The molecule has 1 aromatic carbocycles. The second kappa shape index (κ2) is 5.99. The quantitative estimate of drug-likeness (QED) is 0.743. The lowest BCUT2D eigenvalue weighted by Crippen LogP contribution is -2.20. The molecular weight excluding hydrogens is 202 g/mol. The molecule has 0 aromatic heterocycles. The maximum Gasteiger partial charge on any atom is 0.101 e. The maximum atomic E-state index is 8.93. The second-order valence-corrected chi connectivity index (χ2v) is 3.56. The van der Waals surface area contributed by atoms with Gasteiger partial charge in [-0.2, -0.15) is 5.26 Å². The van der Waals surface area contributed by atoms with Crippen LogP contribution in [0.5, 0.6) is 0 Å². The Labute approximate surface area is 96.0 Å². The van der Waals surface area contributed by atoms with Crippen LogP contribution in [0.15, 0.2) is 18.2 Å². The molecule has 1 rings (SSSR count). The van der Waals surface area contributed by atoms with Crippen molar-refractivity contribution >= 4 is 11.4 Å². The van der Waals surface area contributed by atoms with Crippen molar-refractivity contribution in [3.8, 4) is 6.07 Å². The van der Waals surface area contributed by atoms with Crippen molar-refractivity contribution in [2.24, 2.45) is 0 Å². The average molecular weight is 219 g/mol. The standard InChI is InChI=1S/C12H17N3O/c1-3-16-9(2)8-15-12-5-4-11(14)6-10(12)7-13/h4-6,9,15H,3,8,14H2,1-2H3. The zero-order valence-corrected chi connectivity index (χ0v) is 9.66. The van der Waals surface area contributed by atoms with Gasteiger partial charge in [-0.1, -0.05) is 0 Å². The largest absolute Gasteiger partial charge is 0.399 e. The summed E-state index contributed by atoms with van der Waals surface area (Å²) in [5, 5.41) is 12.1. The summed E-state index contributed by atoms with van der Waals surface area (Å²) in [6.45, 7) is 5.31. The van der Waals surface area contributed by atoms with E-state index in [1.54, 1.807) is 12.1 Å². The number of hydrogen-bond acceptors (Lipinski definition) is 4. The zero-order valence-electron chi connectivity index (χ0n) is 9.66. The number of ether oxygens (including phenoxy) is 1. The third-order valence-corrected chi connectivity index (χ3v) is 2.20. The van der Waals surface area contributed by atoms with Gasteiger partial charge >= 0.3 is 0 Å². The third-order valence-electron chi connectivity index (χ3n) is 2.20. The fourth-order valence-electron chi connectivity index (χ4n) is 1.41. The van der Waals surface area contributed by atoms with E-state index in [9.17, 15) is 0 Å². The van der Waals surface area contributed by atoms with Crippen molar-refractivity contribution in [3.63, 3.8) is 0 Å². The van der Waals surface area contributed by atoms with Crippen LogP contribution in [-0.2, 0) is 4.74 Å². The number of nitrogens with zero attached hydrogens (tertiary/aromatic N) is 1. The third kappa shape index (κ3) is 3.44. The first-order valence-electron chi connectivity index (χ1n) is 5.32. The molecule has 1 unspecified atom stereocenters. The SMILES string of the molecule is CCOC(C)CNc1ccc(N)cc1C#N. The van der Waals surface area contributed by atoms with E-state index in [1.165, 1.54) is 0 Å². The van der Waals surface area contributed by atoms with Crippen LogP contribution in [0.25, 0.3) is 0 Å². The summed E-state index contributed by atoms with van der Waals surface area (Å²) in [7, 11) is 0. The summed E-state index contributed by atoms with van der Waals surface area (Å²) in [6, 6.07) is 7.35. The number of anilines is 2. The fourth-order valence-corrected chi connectivity index (χ4v) is 1.41. The highest BCUT2D eigenvalue weighted by molar-refractivity contribution is 5.62. The second-order valence-electron chi connectivity index (χ2n) is 3.56. The zero-order chi connectivity index (χ0) is 12.0. The molecule has 0 fully saturated rings. The number of nitrogens with two attached hydrogens (primary N) is 1. The first-order chi connectivity index (χ1) is 7.67. The highest BCUT2D eigenvalue weighted by Gasteiger charge is 2.04. The number of nitrogens with one attached hydrogen (secondary N) is 1. The van der Waals surface area contributed by atoms with Gasteiger partial charge in [-0.05, 0) is 32.0 Å². The Hall–Kier alpha value is -1.73. The molecule has 0 heterocycles. The van der Waals surface area contributed by atoms with Crippen molar-refractivity contribution in [2.45, 2.75) is 20.0 Å². The van der Waals surface area contributed by atoms with Crippen LogP contribution >= 0.6 is 0 Å². The summed E-state index contributed by atoms with van der Waals surface area (Å²) in [5.41, 5.74) is 7.55. The lowest BCUT2D eigenvalue weighted by atomic mass is 10.1. The number of nitriles is 1. The summed E-state index contributed by atoms with van der Waals surface area (Å²) in [4.78, 5) is 0. The first-order valence-corrected chi connectivity index (χ1v) is 5.32. The van der Waals surface area contributed by atoms with E-state index < -0.39 is 0 Å². The average Bonchev–Trinajstić information content (AvgIpc) is 2.27. The summed E-state index contributed by atoms with van der Waals surface area (Å²) < 4.78 is 5.39. The molecule has 0 amide bonds. The molecule has 16 heavy (non-hydrogen) atoms. The molecule has 0 bridgehead atoms. The Morgan fingerprint density at radius 3 is 2.94 bits per heavy atom. The fraction of sp³-hybridized carbons (Fsp3) is 0.417. The van der Waals surface area contributed by atoms with Crippen LogP contribution in [0.2, 0.25) is 0 Å². The van der Waals surface area contributed by atoms with E-state index in [1.807, 2.05) is 19.9 Å². The van der Waals surface area contributed by atoms with E-state index >= 15 is 0 Å². The molecule has 3 N–H and O–H groups in total. The minimum atomic E-state index is 0.120. The smallest absolute Gasteiger partial charge is 0.101 e. The van der Waals surface area contributed by atoms with Crippen LogP contribution in [0.1, 0.15) is 19.4 Å². The molecule has 0 aliphatic rings. The van der Waals surface area contributed by atoms with E-state index in [2.05, 4.69) is 11.4 Å². The first kappa shape index (κ1) is 12.3. The van der Waals surface area contributed by atoms with Gasteiger partial charge < -0.3 is 15.8 Å². The number of nitrogen functional groups attached to an aromatic ring is 1. The van der Waals surface area contributed by atoms with Gasteiger partial charge in [-0.15, -0.1) is 0 Å². The Balaban J connectivity index is 2.64. The lowest BCUT2D eigenvalue weighted by molar-refractivity contribution is 0.0855. The molecule has 4 heteroatoms. The Kier molecular flexibility index (Phi) is 4.62. The molecule has 0 aliphatic carbocycles. The normalized spacial score (nSPS) is 11.8. The van der Waals surface area contributed by atoms with Gasteiger partial charge in [0.25, 0.3) is 0 Å². The molecule has 86 valence electrons. The van der Waals surface area contributed by atoms with E-state index in [0.717, 1.165) is 5.69 Å². The monoisotopic (exact) mass is 219 g/mol. The predicted octanol–water partition coefficient (Wildman–Crippen LogP) is 1.98. The molecule has 0 aliphatic heterocycles. The highest BCUT2D eigenvalue weighted by Crippen LogP contribution is 2.17. The van der Waals surface area contributed by atoms with E-state index in [-0.39, 0.29) is 6.10 Å². The van der Waals surface area contributed by atoms with Crippen molar-refractivity contribution in [1.29, 1.82) is 5.26 Å². The van der Waals surface area contributed by atoms with E-state index in [0.29, 0.717) is 24.4 Å². The number of benzene rings is 1. The molecular formula is C12H17N3O. The van der Waals surface area contributed by atoms with Crippen LogP contribution < -0.4 is 11.1 Å². The van der Waals surface area contributed by atoms with Crippen molar-refractivity contribution in [1.82, 2.24) is 0 Å². The maximum absolute atomic E-state index is 8.93. The minimum Gasteiger partial charge on any atom is -0.399 e. The Morgan fingerprint density at radius 2 is 2.31 bits per heavy atom. The van der Waals surface area contributed by atoms with Crippen LogP contribution in [-0.4, -0.2) is 19.3 Å². The van der Waals surface area contributed by atoms with Crippen molar-refractivity contribution in [2.75, 3.05) is 24.2 Å². The number of rotatable bonds is 5. The summed E-state index contributed by atoms with van der Waals surface area (Å²) in [5.74, 6) is 0. The van der Waals surface area contributed by atoms with Gasteiger partial charge in [0.2, 0.25) is 0 Å².